The van der Waals surface area contributed by atoms with Crippen molar-refractivity contribution in [3.05, 3.63) is 101 Å². The van der Waals surface area contributed by atoms with Crippen LogP contribution in [0.15, 0.2) is 78.9 Å². The van der Waals surface area contributed by atoms with Crippen molar-refractivity contribution in [2.75, 3.05) is 6.54 Å². The van der Waals surface area contributed by atoms with Crippen LogP contribution < -0.4 is 10.1 Å². The van der Waals surface area contributed by atoms with Gasteiger partial charge < -0.3 is 15.0 Å². The molecule has 0 aliphatic carbocycles. The second-order valence-corrected chi connectivity index (χ2v) is 7.10. The molecule has 0 atom stereocenters. The summed E-state index contributed by atoms with van der Waals surface area (Å²) in [5.41, 5.74) is 3.29. The van der Waals surface area contributed by atoms with Gasteiger partial charge in [-0.2, -0.15) is 0 Å². The molecule has 0 saturated heterocycles. The maximum Gasteiger partial charge on any atom is 0.169 e. The van der Waals surface area contributed by atoms with Gasteiger partial charge in [0.1, 0.15) is 18.2 Å². The van der Waals surface area contributed by atoms with Gasteiger partial charge in [-0.1, -0.05) is 54.6 Å². The van der Waals surface area contributed by atoms with Gasteiger partial charge in [0.15, 0.2) is 5.11 Å². The zero-order valence-electron chi connectivity index (χ0n) is 16.5. The zero-order valence-corrected chi connectivity index (χ0v) is 17.3. The quantitative estimate of drug-likeness (QED) is 0.511. The predicted molar refractivity (Wildman–Crippen MR) is 119 cm³/mol. The minimum Gasteiger partial charge on any atom is -0.489 e. The summed E-state index contributed by atoms with van der Waals surface area (Å²) in [5, 5.41) is 3.93. The van der Waals surface area contributed by atoms with Gasteiger partial charge in [0.05, 0.1) is 0 Å². The molecule has 3 nitrogen and oxygen atoms in total. The number of benzene rings is 3. The monoisotopic (exact) mass is 408 g/mol. The Morgan fingerprint density at radius 2 is 1.55 bits per heavy atom. The highest BCUT2D eigenvalue weighted by molar-refractivity contribution is 7.80. The van der Waals surface area contributed by atoms with E-state index in [4.69, 9.17) is 17.0 Å². The summed E-state index contributed by atoms with van der Waals surface area (Å²) < 4.78 is 18.9. The lowest BCUT2D eigenvalue weighted by Crippen LogP contribution is -2.38. The minimum absolute atomic E-state index is 0.234. The smallest absolute Gasteiger partial charge is 0.169 e. The highest BCUT2D eigenvalue weighted by atomic mass is 32.1. The molecule has 150 valence electrons. The molecule has 3 aromatic carbocycles. The molecule has 0 bridgehead atoms. The van der Waals surface area contributed by atoms with E-state index in [0.29, 0.717) is 24.8 Å². The van der Waals surface area contributed by atoms with Crippen LogP contribution in [0.3, 0.4) is 0 Å². The number of nitrogens with zero attached hydrogens (tertiary/aromatic N) is 1. The van der Waals surface area contributed by atoms with Crippen LogP contribution in [0.1, 0.15) is 23.6 Å². The van der Waals surface area contributed by atoms with Crippen LogP contribution in [0, 0.1) is 5.82 Å². The van der Waals surface area contributed by atoms with E-state index >= 15 is 0 Å². The van der Waals surface area contributed by atoms with E-state index in [-0.39, 0.29) is 5.82 Å². The minimum atomic E-state index is -0.234. The Hall–Kier alpha value is -2.92. The highest BCUT2D eigenvalue weighted by Gasteiger charge is 2.08. The van der Waals surface area contributed by atoms with Gasteiger partial charge in [0, 0.05) is 19.6 Å². The first-order valence-corrected chi connectivity index (χ1v) is 10.1. The van der Waals surface area contributed by atoms with E-state index in [1.54, 1.807) is 12.1 Å². The number of halogens is 1. The first-order chi connectivity index (χ1) is 14.1. The third-order valence-corrected chi connectivity index (χ3v) is 4.97. The average Bonchev–Trinajstić information content (AvgIpc) is 2.77. The number of ether oxygens (including phenoxy) is 1. The molecule has 3 rings (SSSR count). The summed E-state index contributed by atoms with van der Waals surface area (Å²) in [4.78, 5) is 2.10. The largest absolute Gasteiger partial charge is 0.489 e. The third kappa shape index (κ3) is 6.57. The lowest BCUT2D eigenvalue weighted by molar-refractivity contribution is 0.306. The normalized spacial score (nSPS) is 10.4. The summed E-state index contributed by atoms with van der Waals surface area (Å²) in [6.07, 6.45) is 0. The zero-order chi connectivity index (χ0) is 20.5. The summed E-state index contributed by atoms with van der Waals surface area (Å²) in [6.45, 7) is 4.70. The van der Waals surface area contributed by atoms with Crippen molar-refractivity contribution in [1.82, 2.24) is 10.2 Å². The van der Waals surface area contributed by atoms with Gasteiger partial charge in [-0.3, -0.25) is 0 Å². The molecule has 5 heteroatoms. The SMILES string of the molecule is CCN(Cc1ccc(OCc2ccccc2)cc1)C(=S)NCc1ccc(F)cc1. The average molecular weight is 409 g/mol. The lowest BCUT2D eigenvalue weighted by Gasteiger charge is -2.24. The Morgan fingerprint density at radius 3 is 2.21 bits per heavy atom. The standard InChI is InChI=1S/C24H25FN2OS/c1-2-27(24(29)26-16-19-8-12-22(25)13-9-19)17-20-10-14-23(15-11-20)28-18-21-6-4-3-5-7-21/h3-15H,2,16-18H2,1H3,(H,26,29). The number of hydrogen-bond donors (Lipinski definition) is 1. The number of rotatable bonds is 8. The first kappa shape index (κ1) is 20.8. The Morgan fingerprint density at radius 1 is 0.897 bits per heavy atom. The van der Waals surface area contributed by atoms with Gasteiger partial charge in [0.2, 0.25) is 0 Å². The van der Waals surface area contributed by atoms with E-state index in [0.717, 1.165) is 29.0 Å². The fraction of sp³-hybridized carbons (Fsp3) is 0.208. The van der Waals surface area contributed by atoms with E-state index < -0.39 is 0 Å². The molecule has 0 spiro atoms. The van der Waals surface area contributed by atoms with Crippen LogP contribution in [0.25, 0.3) is 0 Å². The Kier molecular flexibility index (Phi) is 7.59. The van der Waals surface area contributed by atoms with Gasteiger partial charge in [-0.15, -0.1) is 0 Å². The molecular weight excluding hydrogens is 383 g/mol. The molecule has 0 aliphatic rings. The Bertz CT molecular complexity index is 898. The van der Waals surface area contributed by atoms with Crippen molar-refractivity contribution in [1.29, 1.82) is 0 Å². The van der Waals surface area contributed by atoms with Crippen molar-refractivity contribution in [2.24, 2.45) is 0 Å². The summed E-state index contributed by atoms with van der Waals surface area (Å²) in [6, 6.07) is 24.6. The number of nitrogens with one attached hydrogen (secondary N) is 1. The molecule has 0 aromatic heterocycles. The molecule has 3 aromatic rings. The van der Waals surface area contributed by atoms with Crippen LogP contribution in [0.4, 0.5) is 4.39 Å². The van der Waals surface area contributed by atoms with Crippen molar-refractivity contribution >= 4 is 17.3 Å². The summed E-state index contributed by atoms with van der Waals surface area (Å²) in [5.74, 6) is 0.611. The van der Waals surface area contributed by atoms with Crippen molar-refractivity contribution < 1.29 is 9.13 Å². The maximum absolute atomic E-state index is 13.0. The summed E-state index contributed by atoms with van der Waals surface area (Å²) >= 11 is 5.54. The van der Waals surface area contributed by atoms with Crippen molar-refractivity contribution in [2.45, 2.75) is 26.6 Å². The van der Waals surface area contributed by atoms with Crippen LogP contribution in [-0.2, 0) is 19.7 Å². The molecule has 0 saturated carbocycles. The maximum atomic E-state index is 13.0. The van der Waals surface area contributed by atoms with E-state index in [1.165, 1.54) is 12.1 Å². The fourth-order valence-electron chi connectivity index (χ4n) is 2.87. The van der Waals surface area contributed by atoms with Crippen LogP contribution in [0.2, 0.25) is 0 Å². The van der Waals surface area contributed by atoms with E-state index in [2.05, 4.69) is 29.3 Å². The van der Waals surface area contributed by atoms with Gasteiger partial charge in [-0.25, -0.2) is 4.39 Å². The van der Waals surface area contributed by atoms with Gasteiger partial charge >= 0.3 is 0 Å². The molecule has 0 amide bonds. The fourth-order valence-corrected chi connectivity index (χ4v) is 3.14. The number of hydrogen-bond acceptors (Lipinski definition) is 2. The predicted octanol–water partition coefficient (Wildman–Crippen LogP) is 5.30. The van der Waals surface area contributed by atoms with Gasteiger partial charge in [-0.05, 0) is 60.1 Å². The van der Waals surface area contributed by atoms with Crippen molar-refractivity contribution in [3.8, 4) is 5.75 Å². The Labute approximate surface area is 177 Å². The highest BCUT2D eigenvalue weighted by Crippen LogP contribution is 2.16. The van der Waals surface area contributed by atoms with E-state index in [9.17, 15) is 4.39 Å². The molecular formula is C24H25FN2OS. The van der Waals surface area contributed by atoms with Crippen LogP contribution >= 0.6 is 12.2 Å². The third-order valence-electron chi connectivity index (χ3n) is 4.57. The Balaban J connectivity index is 1.50. The molecule has 0 aliphatic heterocycles. The molecule has 0 radical (unpaired) electrons. The number of thiocarbonyl (C=S) groups is 1. The van der Waals surface area contributed by atoms with Crippen LogP contribution in [-0.4, -0.2) is 16.6 Å². The molecule has 0 fully saturated rings. The molecule has 29 heavy (non-hydrogen) atoms. The lowest BCUT2D eigenvalue weighted by atomic mass is 10.2. The second kappa shape index (κ2) is 10.6. The van der Waals surface area contributed by atoms with Crippen molar-refractivity contribution in [3.63, 3.8) is 0 Å². The molecule has 0 heterocycles. The molecule has 0 unspecified atom stereocenters. The topological polar surface area (TPSA) is 24.5 Å². The summed E-state index contributed by atoms with van der Waals surface area (Å²) in [7, 11) is 0. The first-order valence-electron chi connectivity index (χ1n) is 9.67. The van der Waals surface area contributed by atoms with Crippen LogP contribution in [0.5, 0.6) is 5.75 Å². The molecule has 1 N–H and O–H groups in total. The van der Waals surface area contributed by atoms with Gasteiger partial charge in [0.25, 0.3) is 0 Å². The van der Waals surface area contributed by atoms with E-state index in [1.807, 2.05) is 42.5 Å². The second-order valence-electron chi connectivity index (χ2n) is 6.72.